The van der Waals surface area contributed by atoms with Crippen LogP contribution in [0.3, 0.4) is 0 Å². The maximum Gasteiger partial charge on any atom is 0.256 e. The first-order valence-corrected chi connectivity index (χ1v) is 10.6. The molecule has 0 radical (unpaired) electrons. The molecule has 158 valence electrons. The summed E-state index contributed by atoms with van der Waals surface area (Å²) >= 11 is 3.35. The summed E-state index contributed by atoms with van der Waals surface area (Å²) in [5.41, 5.74) is 2.82. The van der Waals surface area contributed by atoms with Crippen LogP contribution in [0.15, 0.2) is 77.3 Å². The lowest BCUT2D eigenvalue weighted by Gasteiger charge is -2.13. The Hall–Kier alpha value is -3.45. The highest BCUT2D eigenvalue weighted by Gasteiger charge is 2.16. The van der Waals surface area contributed by atoms with Gasteiger partial charge in [-0.05, 0) is 58.2 Å². The molecular weight excluding hydrogens is 458 g/mol. The van der Waals surface area contributed by atoms with Crippen LogP contribution >= 0.6 is 15.9 Å². The number of anilines is 2. The zero-order chi connectivity index (χ0) is 22.2. The number of hydrogen-bond donors (Lipinski definition) is 3. The van der Waals surface area contributed by atoms with Crippen LogP contribution in [0.1, 0.15) is 33.2 Å². The van der Waals surface area contributed by atoms with Gasteiger partial charge in [0.15, 0.2) is 0 Å². The van der Waals surface area contributed by atoms with E-state index in [2.05, 4.69) is 31.9 Å². The average Bonchev–Trinajstić information content (AvgIpc) is 2.78. The fourth-order valence-electron chi connectivity index (χ4n) is 3.03. The zero-order valence-electron chi connectivity index (χ0n) is 16.9. The number of para-hydroxylation sites is 2. The average molecular weight is 480 g/mol. The van der Waals surface area contributed by atoms with Gasteiger partial charge in [-0.2, -0.15) is 0 Å². The lowest BCUT2D eigenvalue weighted by molar-refractivity contribution is -0.115. The van der Waals surface area contributed by atoms with Gasteiger partial charge in [0, 0.05) is 10.2 Å². The molecule has 0 aromatic heterocycles. The van der Waals surface area contributed by atoms with Gasteiger partial charge in [0.25, 0.3) is 11.8 Å². The van der Waals surface area contributed by atoms with E-state index in [0.717, 1.165) is 17.7 Å². The molecule has 0 fully saturated rings. The lowest BCUT2D eigenvalue weighted by atomic mass is 10.1. The number of carbonyl (C=O) groups is 3. The quantitative estimate of drug-likeness (QED) is 0.461. The van der Waals surface area contributed by atoms with Gasteiger partial charge in [-0.1, -0.05) is 49.4 Å². The van der Waals surface area contributed by atoms with E-state index >= 15 is 0 Å². The van der Waals surface area contributed by atoms with Crippen LogP contribution in [-0.4, -0.2) is 24.3 Å². The highest BCUT2D eigenvalue weighted by molar-refractivity contribution is 9.10. The standard InChI is InChI=1S/C24H22BrN3O3/c1-2-16-9-3-7-13-20(16)27-22(29)15-26-23(30)18-11-5-8-14-21(18)28-24(31)17-10-4-6-12-19(17)25/h3-14H,2,15H2,1H3,(H,26,30)(H,27,29)(H,28,31). The molecule has 3 amide bonds. The van der Waals surface area contributed by atoms with E-state index < -0.39 is 5.91 Å². The minimum Gasteiger partial charge on any atom is -0.343 e. The Morgan fingerprint density at radius 2 is 1.35 bits per heavy atom. The first kappa shape index (κ1) is 22.2. The third-order valence-corrected chi connectivity index (χ3v) is 5.31. The van der Waals surface area contributed by atoms with E-state index in [1.165, 1.54) is 0 Å². The van der Waals surface area contributed by atoms with Crippen molar-refractivity contribution >= 4 is 45.0 Å². The molecule has 0 spiro atoms. The van der Waals surface area contributed by atoms with Crippen molar-refractivity contribution in [1.82, 2.24) is 5.32 Å². The van der Waals surface area contributed by atoms with Crippen molar-refractivity contribution in [1.29, 1.82) is 0 Å². The Morgan fingerprint density at radius 1 is 0.742 bits per heavy atom. The first-order chi connectivity index (χ1) is 15.0. The molecule has 3 aromatic rings. The molecule has 0 saturated carbocycles. The molecule has 31 heavy (non-hydrogen) atoms. The predicted molar refractivity (Wildman–Crippen MR) is 125 cm³/mol. The number of hydrogen-bond acceptors (Lipinski definition) is 3. The molecule has 0 heterocycles. The van der Waals surface area contributed by atoms with Gasteiger partial charge in [0.2, 0.25) is 5.91 Å². The molecule has 0 aliphatic heterocycles. The molecule has 3 rings (SSSR count). The van der Waals surface area contributed by atoms with Crippen LogP contribution < -0.4 is 16.0 Å². The van der Waals surface area contributed by atoms with Crippen LogP contribution in [0.4, 0.5) is 11.4 Å². The van der Waals surface area contributed by atoms with Gasteiger partial charge >= 0.3 is 0 Å². The first-order valence-electron chi connectivity index (χ1n) is 9.80. The molecule has 3 N–H and O–H groups in total. The number of aryl methyl sites for hydroxylation is 1. The summed E-state index contributed by atoms with van der Waals surface area (Å²) in [5.74, 6) is -1.13. The monoisotopic (exact) mass is 479 g/mol. The second-order valence-corrected chi connectivity index (χ2v) is 7.58. The molecule has 6 nitrogen and oxygen atoms in total. The molecule has 0 atom stereocenters. The summed E-state index contributed by atoms with van der Waals surface area (Å²) in [6, 6.07) is 21.2. The van der Waals surface area contributed by atoms with E-state index in [0.29, 0.717) is 15.7 Å². The largest absolute Gasteiger partial charge is 0.343 e. The smallest absolute Gasteiger partial charge is 0.256 e. The summed E-state index contributed by atoms with van der Waals surface area (Å²) in [5, 5.41) is 8.18. The maximum atomic E-state index is 12.7. The van der Waals surface area contributed by atoms with Crippen LogP contribution in [-0.2, 0) is 11.2 Å². The molecule has 7 heteroatoms. The van der Waals surface area contributed by atoms with Gasteiger partial charge in [0.1, 0.15) is 0 Å². The maximum absolute atomic E-state index is 12.7. The summed E-state index contributed by atoms with van der Waals surface area (Å²) in [6.07, 6.45) is 0.785. The Labute approximate surface area is 189 Å². The summed E-state index contributed by atoms with van der Waals surface area (Å²) < 4.78 is 0.651. The summed E-state index contributed by atoms with van der Waals surface area (Å²) in [4.78, 5) is 37.6. The Balaban J connectivity index is 1.65. The van der Waals surface area contributed by atoms with Crippen molar-refractivity contribution in [3.8, 4) is 0 Å². The lowest BCUT2D eigenvalue weighted by Crippen LogP contribution is -2.33. The fourth-order valence-corrected chi connectivity index (χ4v) is 3.49. The normalized spacial score (nSPS) is 10.3. The van der Waals surface area contributed by atoms with E-state index in [1.807, 2.05) is 37.3 Å². The molecule has 0 aliphatic carbocycles. The third kappa shape index (κ3) is 5.79. The van der Waals surface area contributed by atoms with Crippen LogP contribution in [0.2, 0.25) is 0 Å². The van der Waals surface area contributed by atoms with Crippen LogP contribution in [0, 0.1) is 0 Å². The SMILES string of the molecule is CCc1ccccc1NC(=O)CNC(=O)c1ccccc1NC(=O)c1ccccc1Br. The zero-order valence-corrected chi connectivity index (χ0v) is 18.5. The topological polar surface area (TPSA) is 87.3 Å². The van der Waals surface area contributed by atoms with Crippen molar-refractivity contribution in [2.24, 2.45) is 0 Å². The number of benzene rings is 3. The highest BCUT2D eigenvalue weighted by Crippen LogP contribution is 2.20. The van der Waals surface area contributed by atoms with Gasteiger partial charge < -0.3 is 16.0 Å². The van der Waals surface area contributed by atoms with Crippen molar-refractivity contribution in [2.75, 3.05) is 17.2 Å². The van der Waals surface area contributed by atoms with Crippen molar-refractivity contribution in [3.05, 3.63) is 94.0 Å². The van der Waals surface area contributed by atoms with Crippen molar-refractivity contribution < 1.29 is 14.4 Å². The molecule has 0 aliphatic rings. The molecule has 0 bridgehead atoms. The summed E-state index contributed by atoms with van der Waals surface area (Å²) in [7, 11) is 0. The Bertz CT molecular complexity index is 1110. The van der Waals surface area contributed by atoms with Crippen LogP contribution in [0.5, 0.6) is 0 Å². The fraction of sp³-hybridized carbons (Fsp3) is 0.125. The molecule has 3 aromatic carbocycles. The number of nitrogens with one attached hydrogen (secondary N) is 3. The predicted octanol–water partition coefficient (Wildman–Crippen LogP) is 4.63. The second kappa shape index (κ2) is 10.5. The van der Waals surface area contributed by atoms with Crippen LogP contribution in [0.25, 0.3) is 0 Å². The highest BCUT2D eigenvalue weighted by atomic mass is 79.9. The minimum absolute atomic E-state index is 0.191. The van der Waals surface area contributed by atoms with Gasteiger partial charge in [-0.3, -0.25) is 14.4 Å². The van der Waals surface area contributed by atoms with E-state index in [1.54, 1.807) is 42.5 Å². The van der Waals surface area contributed by atoms with Gasteiger partial charge in [0.05, 0.1) is 23.4 Å². The Morgan fingerprint density at radius 3 is 2.06 bits per heavy atom. The van der Waals surface area contributed by atoms with Gasteiger partial charge in [-0.15, -0.1) is 0 Å². The van der Waals surface area contributed by atoms with E-state index in [-0.39, 0.29) is 23.9 Å². The summed E-state index contributed by atoms with van der Waals surface area (Å²) in [6.45, 7) is 1.81. The molecule has 0 saturated heterocycles. The number of rotatable bonds is 7. The minimum atomic E-state index is -0.457. The second-order valence-electron chi connectivity index (χ2n) is 6.72. The third-order valence-electron chi connectivity index (χ3n) is 4.62. The van der Waals surface area contributed by atoms with E-state index in [4.69, 9.17) is 0 Å². The van der Waals surface area contributed by atoms with E-state index in [9.17, 15) is 14.4 Å². The van der Waals surface area contributed by atoms with Crippen molar-refractivity contribution in [3.63, 3.8) is 0 Å². The number of carbonyl (C=O) groups excluding carboxylic acids is 3. The number of halogens is 1. The van der Waals surface area contributed by atoms with Gasteiger partial charge in [-0.25, -0.2) is 0 Å². The molecule has 0 unspecified atom stereocenters. The number of amides is 3. The Kier molecular flexibility index (Phi) is 7.56. The van der Waals surface area contributed by atoms with Crippen molar-refractivity contribution in [2.45, 2.75) is 13.3 Å². The molecular formula is C24H22BrN3O3.